The van der Waals surface area contributed by atoms with Gasteiger partial charge >= 0.3 is 0 Å². The van der Waals surface area contributed by atoms with Gasteiger partial charge in [-0.3, -0.25) is 9.59 Å². The Bertz CT molecular complexity index is 421. The van der Waals surface area contributed by atoms with Gasteiger partial charge in [-0.15, -0.1) is 0 Å². The molecule has 0 aliphatic heterocycles. The topological polar surface area (TPSA) is 93.7 Å². The molecular formula is C23H48N4O3. The first-order valence-corrected chi connectivity index (χ1v) is 12.1. The monoisotopic (exact) mass is 428 g/mol. The number of aliphatic hydroxyl groups excluding tert-OH is 1. The van der Waals surface area contributed by atoms with Crippen molar-refractivity contribution in [3.63, 3.8) is 0 Å². The molecule has 0 aliphatic carbocycles. The van der Waals surface area contributed by atoms with E-state index in [1.807, 2.05) is 0 Å². The molecule has 2 amide bonds. The molecule has 0 aromatic rings. The first-order valence-electron chi connectivity index (χ1n) is 12.1. The van der Waals surface area contributed by atoms with Crippen LogP contribution in [0.15, 0.2) is 0 Å². The third kappa shape index (κ3) is 18.8. The standard InChI is InChI=1S/C23H48N4O3/c1-4-5-6-7-8-9-10-11-12-21(2)26-23(30)14-18-27(17-13-22(29)24-3)19-15-25-16-20-28/h21,25,28H,4-20H2,1-3H3,(H,24,29)(H,26,30). The molecule has 0 fully saturated rings. The minimum Gasteiger partial charge on any atom is -0.395 e. The van der Waals surface area contributed by atoms with E-state index in [1.165, 1.54) is 51.4 Å². The lowest BCUT2D eigenvalue weighted by Gasteiger charge is -2.22. The summed E-state index contributed by atoms with van der Waals surface area (Å²) >= 11 is 0. The Morgan fingerprint density at radius 3 is 2.07 bits per heavy atom. The van der Waals surface area contributed by atoms with E-state index in [0.717, 1.165) is 19.5 Å². The Kier molecular flexibility index (Phi) is 20.2. The summed E-state index contributed by atoms with van der Waals surface area (Å²) in [4.78, 5) is 25.9. The normalized spacial score (nSPS) is 12.2. The molecule has 7 nitrogen and oxygen atoms in total. The molecule has 0 aromatic carbocycles. The van der Waals surface area contributed by atoms with Crippen LogP contribution in [0.4, 0.5) is 0 Å². The van der Waals surface area contributed by atoms with E-state index in [1.54, 1.807) is 7.05 Å². The van der Waals surface area contributed by atoms with Crippen molar-refractivity contribution in [2.75, 3.05) is 46.4 Å². The van der Waals surface area contributed by atoms with E-state index in [2.05, 4.69) is 34.7 Å². The van der Waals surface area contributed by atoms with Gasteiger partial charge < -0.3 is 26.0 Å². The van der Waals surface area contributed by atoms with Gasteiger partial charge in [-0.25, -0.2) is 0 Å². The molecule has 0 bridgehead atoms. The summed E-state index contributed by atoms with van der Waals surface area (Å²) in [6.07, 6.45) is 12.3. The van der Waals surface area contributed by atoms with E-state index >= 15 is 0 Å². The van der Waals surface area contributed by atoms with Crippen LogP contribution >= 0.6 is 0 Å². The summed E-state index contributed by atoms with van der Waals surface area (Å²) in [7, 11) is 1.64. The summed E-state index contributed by atoms with van der Waals surface area (Å²) in [5, 5.41) is 17.7. The molecule has 0 heterocycles. The van der Waals surface area contributed by atoms with Crippen molar-refractivity contribution >= 4 is 11.8 Å². The van der Waals surface area contributed by atoms with Gasteiger partial charge in [-0.2, -0.15) is 0 Å². The lowest BCUT2D eigenvalue weighted by atomic mass is 10.1. The molecule has 0 saturated carbocycles. The second kappa shape index (κ2) is 21.1. The van der Waals surface area contributed by atoms with Gasteiger partial charge in [0, 0.05) is 58.7 Å². The Hall–Kier alpha value is -1.18. The van der Waals surface area contributed by atoms with Crippen LogP contribution in [0.2, 0.25) is 0 Å². The predicted molar refractivity (Wildman–Crippen MR) is 125 cm³/mol. The van der Waals surface area contributed by atoms with Crippen molar-refractivity contribution in [1.82, 2.24) is 20.9 Å². The highest BCUT2D eigenvalue weighted by Crippen LogP contribution is 2.10. The van der Waals surface area contributed by atoms with Crippen molar-refractivity contribution in [2.24, 2.45) is 0 Å². The number of hydrogen-bond donors (Lipinski definition) is 4. The van der Waals surface area contributed by atoms with Crippen LogP contribution in [0, 0.1) is 0 Å². The Morgan fingerprint density at radius 2 is 1.47 bits per heavy atom. The fourth-order valence-electron chi connectivity index (χ4n) is 3.42. The Balaban J connectivity index is 3.98. The fourth-order valence-corrected chi connectivity index (χ4v) is 3.42. The average Bonchev–Trinajstić information content (AvgIpc) is 2.74. The first-order chi connectivity index (χ1) is 14.5. The number of hydrogen-bond acceptors (Lipinski definition) is 5. The van der Waals surface area contributed by atoms with Gasteiger partial charge in [0.25, 0.3) is 0 Å². The first kappa shape index (κ1) is 28.8. The van der Waals surface area contributed by atoms with Crippen molar-refractivity contribution in [3.05, 3.63) is 0 Å². The second-order valence-corrected chi connectivity index (χ2v) is 8.22. The Labute approximate surface area is 184 Å². The third-order valence-corrected chi connectivity index (χ3v) is 5.38. The highest BCUT2D eigenvalue weighted by Gasteiger charge is 2.12. The van der Waals surface area contributed by atoms with E-state index in [4.69, 9.17) is 5.11 Å². The molecule has 0 rings (SSSR count). The van der Waals surface area contributed by atoms with E-state index in [0.29, 0.717) is 32.5 Å². The predicted octanol–water partition coefficient (Wildman–Crippen LogP) is 2.43. The zero-order chi connectivity index (χ0) is 22.5. The summed E-state index contributed by atoms with van der Waals surface area (Å²) < 4.78 is 0. The number of aliphatic hydroxyl groups is 1. The Morgan fingerprint density at radius 1 is 0.867 bits per heavy atom. The zero-order valence-corrected chi connectivity index (χ0v) is 19.8. The molecule has 7 heteroatoms. The third-order valence-electron chi connectivity index (χ3n) is 5.38. The molecular weight excluding hydrogens is 380 g/mol. The van der Waals surface area contributed by atoms with E-state index < -0.39 is 0 Å². The van der Waals surface area contributed by atoms with Gasteiger partial charge in [0.05, 0.1) is 6.61 Å². The van der Waals surface area contributed by atoms with Gasteiger partial charge in [-0.1, -0.05) is 58.3 Å². The maximum atomic E-state index is 12.3. The highest BCUT2D eigenvalue weighted by atomic mass is 16.3. The van der Waals surface area contributed by atoms with Gasteiger partial charge in [-0.05, 0) is 13.3 Å². The maximum absolute atomic E-state index is 12.3. The van der Waals surface area contributed by atoms with Crippen LogP contribution < -0.4 is 16.0 Å². The number of unbranched alkanes of at least 4 members (excludes halogenated alkanes) is 7. The second-order valence-electron chi connectivity index (χ2n) is 8.22. The quantitative estimate of drug-likeness (QED) is 0.211. The van der Waals surface area contributed by atoms with Gasteiger partial charge in [0.2, 0.25) is 11.8 Å². The van der Waals surface area contributed by atoms with Crippen molar-refractivity contribution in [3.8, 4) is 0 Å². The largest absolute Gasteiger partial charge is 0.395 e. The molecule has 178 valence electrons. The number of nitrogens with zero attached hydrogens (tertiary/aromatic N) is 1. The lowest BCUT2D eigenvalue weighted by Crippen LogP contribution is -2.39. The van der Waals surface area contributed by atoms with E-state index in [-0.39, 0.29) is 24.5 Å². The highest BCUT2D eigenvalue weighted by molar-refractivity contribution is 5.76. The molecule has 0 aromatic heterocycles. The van der Waals surface area contributed by atoms with Crippen molar-refractivity contribution in [2.45, 2.75) is 90.5 Å². The molecule has 4 N–H and O–H groups in total. The SMILES string of the molecule is CCCCCCCCCCC(C)NC(=O)CCN(CCNCCO)CCC(=O)NC. The molecule has 0 saturated heterocycles. The van der Waals surface area contributed by atoms with Crippen LogP contribution in [-0.2, 0) is 9.59 Å². The van der Waals surface area contributed by atoms with Crippen LogP contribution in [0.1, 0.15) is 84.5 Å². The summed E-state index contributed by atoms with van der Waals surface area (Å²) in [6.45, 7) is 7.73. The molecule has 1 atom stereocenters. The smallest absolute Gasteiger partial charge is 0.221 e. The van der Waals surface area contributed by atoms with Gasteiger partial charge in [0.15, 0.2) is 0 Å². The lowest BCUT2D eigenvalue weighted by molar-refractivity contribution is -0.122. The van der Waals surface area contributed by atoms with Crippen LogP contribution in [0.5, 0.6) is 0 Å². The molecule has 0 radical (unpaired) electrons. The average molecular weight is 429 g/mol. The summed E-state index contributed by atoms with van der Waals surface area (Å²) in [6, 6.07) is 0.211. The van der Waals surface area contributed by atoms with Crippen LogP contribution in [0.3, 0.4) is 0 Å². The number of rotatable bonds is 21. The van der Waals surface area contributed by atoms with E-state index in [9.17, 15) is 9.59 Å². The van der Waals surface area contributed by atoms with Crippen molar-refractivity contribution in [1.29, 1.82) is 0 Å². The molecule has 0 spiro atoms. The fraction of sp³-hybridized carbons (Fsp3) is 0.913. The molecule has 0 aliphatic rings. The zero-order valence-electron chi connectivity index (χ0n) is 19.8. The molecule has 30 heavy (non-hydrogen) atoms. The minimum atomic E-state index is 0.00625. The van der Waals surface area contributed by atoms with Crippen LogP contribution in [-0.4, -0.2) is 74.2 Å². The van der Waals surface area contributed by atoms with Crippen LogP contribution in [0.25, 0.3) is 0 Å². The number of nitrogens with one attached hydrogen (secondary N) is 3. The summed E-state index contributed by atoms with van der Waals surface area (Å²) in [5.74, 6) is 0.0853. The van der Waals surface area contributed by atoms with Crippen molar-refractivity contribution < 1.29 is 14.7 Å². The van der Waals surface area contributed by atoms with Gasteiger partial charge in [0.1, 0.15) is 0 Å². The number of carbonyl (C=O) groups is 2. The number of amides is 2. The number of carbonyl (C=O) groups excluding carboxylic acids is 2. The minimum absolute atomic E-state index is 0.00625. The summed E-state index contributed by atoms with van der Waals surface area (Å²) in [5.41, 5.74) is 0. The molecule has 1 unspecified atom stereocenters. The maximum Gasteiger partial charge on any atom is 0.221 e.